The summed E-state index contributed by atoms with van der Waals surface area (Å²) in [4.78, 5) is 40.4. The van der Waals surface area contributed by atoms with Gasteiger partial charge in [0.15, 0.2) is 18.0 Å². The molecular weight excluding hydrogens is 468 g/mol. The van der Waals surface area contributed by atoms with Gasteiger partial charge in [-0.05, 0) is 39.8 Å². The Labute approximate surface area is 200 Å². The van der Waals surface area contributed by atoms with Gasteiger partial charge >= 0.3 is 18.5 Å². The minimum absolute atomic E-state index is 0.0383. The number of ether oxygens (including phenoxy) is 7. The fourth-order valence-electron chi connectivity index (χ4n) is 3.77. The lowest BCUT2D eigenvalue weighted by atomic mass is 9.93. The van der Waals surface area contributed by atoms with Crippen molar-refractivity contribution in [2.45, 2.75) is 51.6 Å². The topological polar surface area (TPSA) is 172 Å². The lowest BCUT2D eigenvalue weighted by Crippen LogP contribution is -2.45. The van der Waals surface area contributed by atoms with Crippen LogP contribution in [0.5, 0.6) is 0 Å². The molecule has 0 spiro atoms. The van der Waals surface area contributed by atoms with Crippen LogP contribution in [-0.4, -0.2) is 77.8 Å². The van der Waals surface area contributed by atoms with Crippen LogP contribution in [0.3, 0.4) is 0 Å². The third-order valence-corrected chi connectivity index (χ3v) is 5.20. The maximum atomic E-state index is 12.4. The van der Waals surface area contributed by atoms with Gasteiger partial charge in [-0.25, -0.2) is 23.9 Å². The van der Waals surface area contributed by atoms with E-state index in [9.17, 15) is 14.4 Å². The van der Waals surface area contributed by atoms with Gasteiger partial charge in [0, 0.05) is 0 Å². The molecule has 0 unspecified atom stereocenters. The van der Waals surface area contributed by atoms with Crippen LogP contribution in [0.4, 0.5) is 20.2 Å². The zero-order valence-electron chi connectivity index (χ0n) is 19.8. The van der Waals surface area contributed by atoms with Crippen molar-refractivity contribution in [1.82, 2.24) is 14.6 Å². The number of rotatable bonds is 8. The molecule has 3 rings (SSSR count). The maximum absolute atomic E-state index is 12.4. The molecule has 0 radical (unpaired) electrons. The Kier molecular flexibility index (Phi) is 8.17. The zero-order chi connectivity index (χ0) is 25.6. The van der Waals surface area contributed by atoms with E-state index in [1.165, 1.54) is 10.8 Å². The second-order valence-electron chi connectivity index (χ2n) is 7.41. The van der Waals surface area contributed by atoms with Gasteiger partial charge in [-0.2, -0.15) is 5.10 Å². The third kappa shape index (κ3) is 5.48. The highest BCUT2D eigenvalue weighted by Crippen LogP contribution is 2.43. The van der Waals surface area contributed by atoms with Crippen LogP contribution < -0.4 is 5.73 Å². The van der Waals surface area contributed by atoms with Crippen molar-refractivity contribution in [3.63, 3.8) is 0 Å². The first-order chi connectivity index (χ1) is 16.7. The van der Waals surface area contributed by atoms with Crippen LogP contribution in [0, 0.1) is 0 Å². The smallest absolute Gasteiger partial charge is 0.435 e. The van der Waals surface area contributed by atoms with E-state index in [0.717, 1.165) is 0 Å². The molecule has 0 saturated carbocycles. The van der Waals surface area contributed by atoms with Crippen molar-refractivity contribution in [3.05, 3.63) is 24.2 Å². The molecule has 3 heterocycles. The van der Waals surface area contributed by atoms with Crippen LogP contribution in [0.25, 0.3) is 5.52 Å². The van der Waals surface area contributed by atoms with Crippen LogP contribution >= 0.6 is 0 Å². The largest absolute Gasteiger partial charge is 0.508 e. The molecule has 1 fully saturated rings. The highest BCUT2D eigenvalue weighted by atomic mass is 16.8. The van der Waals surface area contributed by atoms with Gasteiger partial charge in [-0.15, -0.1) is 0 Å². The molecule has 2 N–H and O–H groups in total. The summed E-state index contributed by atoms with van der Waals surface area (Å²) in [5.41, 5.74) is 5.35. The Morgan fingerprint density at radius 1 is 1.00 bits per heavy atom. The minimum Gasteiger partial charge on any atom is -0.435 e. The monoisotopic (exact) mass is 496 g/mol. The predicted octanol–water partition coefficient (Wildman–Crippen LogP) is 2.18. The van der Waals surface area contributed by atoms with E-state index in [1.807, 2.05) is 0 Å². The van der Waals surface area contributed by atoms with Gasteiger partial charge in [0.25, 0.3) is 0 Å². The standard InChI is InChI=1S/C21H28N4O10/c1-5-29-18(26)32-10-13-15(33-19(27)30-6-2)16(34-20(28)31-7-3)21(4,35-13)14-9-8-12-17(22)23-11-24-25(12)14/h8-9,11,13,15-16H,5-7,10H2,1-4H3,(H2,22,23,24)/t13-,15-,16-,21+/m1/s1. The second kappa shape index (κ2) is 11.1. The first-order valence-corrected chi connectivity index (χ1v) is 11.0. The van der Waals surface area contributed by atoms with Crippen molar-refractivity contribution in [2.75, 3.05) is 32.2 Å². The fourth-order valence-corrected chi connectivity index (χ4v) is 3.77. The van der Waals surface area contributed by atoms with Crippen LogP contribution in [0.2, 0.25) is 0 Å². The molecular formula is C21H28N4O10. The molecule has 192 valence electrons. The summed E-state index contributed by atoms with van der Waals surface area (Å²) in [6.07, 6.45) is -5.37. The average molecular weight is 496 g/mol. The molecule has 1 aliphatic heterocycles. The van der Waals surface area contributed by atoms with Crippen molar-refractivity contribution in [1.29, 1.82) is 0 Å². The molecule has 35 heavy (non-hydrogen) atoms. The SMILES string of the molecule is CCOC(=O)OC[C@H]1O[C@@](C)(c2ccc3c(N)ncnn23)[C@H](OC(=O)OCC)[C@@H]1OC(=O)OCC. The van der Waals surface area contributed by atoms with Crippen molar-refractivity contribution < 1.29 is 47.5 Å². The van der Waals surface area contributed by atoms with Gasteiger partial charge in [0.05, 0.1) is 25.5 Å². The summed E-state index contributed by atoms with van der Waals surface area (Å²) in [6, 6.07) is 3.31. The number of nitrogens with two attached hydrogens (primary N) is 1. The summed E-state index contributed by atoms with van der Waals surface area (Å²) in [7, 11) is 0. The lowest BCUT2D eigenvalue weighted by molar-refractivity contribution is -0.101. The molecule has 1 aliphatic rings. The molecule has 0 aliphatic carbocycles. The van der Waals surface area contributed by atoms with Crippen molar-refractivity contribution in [3.8, 4) is 0 Å². The Balaban J connectivity index is 2.04. The van der Waals surface area contributed by atoms with Crippen LogP contribution in [-0.2, 0) is 38.8 Å². The minimum atomic E-state index is -1.47. The molecule has 2 aromatic heterocycles. The highest BCUT2D eigenvalue weighted by molar-refractivity contribution is 5.66. The summed E-state index contributed by atoms with van der Waals surface area (Å²) in [5.74, 6) is 0.206. The van der Waals surface area contributed by atoms with E-state index in [1.54, 1.807) is 39.8 Å². The van der Waals surface area contributed by atoms with Crippen molar-refractivity contribution >= 4 is 29.8 Å². The number of nitrogen functional groups attached to an aromatic ring is 1. The summed E-state index contributed by atoms with van der Waals surface area (Å²) >= 11 is 0. The van der Waals surface area contributed by atoms with E-state index >= 15 is 0 Å². The Hall–Kier alpha value is -3.81. The van der Waals surface area contributed by atoms with Crippen LogP contribution in [0.15, 0.2) is 18.5 Å². The molecule has 2 aromatic rings. The van der Waals surface area contributed by atoms with E-state index in [2.05, 4.69) is 10.1 Å². The summed E-state index contributed by atoms with van der Waals surface area (Å²) < 4.78 is 38.5. The molecule has 0 amide bonds. The molecule has 0 aromatic carbocycles. The zero-order valence-corrected chi connectivity index (χ0v) is 19.8. The number of hydrogen-bond donors (Lipinski definition) is 1. The number of carbonyl (C=O) groups is 3. The van der Waals surface area contributed by atoms with E-state index in [4.69, 9.17) is 38.9 Å². The summed E-state index contributed by atoms with van der Waals surface area (Å²) in [5, 5.41) is 4.22. The Morgan fingerprint density at radius 3 is 2.29 bits per heavy atom. The molecule has 4 atom stereocenters. The predicted molar refractivity (Wildman–Crippen MR) is 116 cm³/mol. The highest BCUT2D eigenvalue weighted by Gasteiger charge is 2.59. The van der Waals surface area contributed by atoms with Crippen LogP contribution in [0.1, 0.15) is 33.4 Å². The number of anilines is 1. The van der Waals surface area contributed by atoms with E-state index < -0.39 is 42.4 Å². The number of carbonyl (C=O) groups excluding carboxylic acids is 3. The molecule has 1 saturated heterocycles. The van der Waals surface area contributed by atoms with Gasteiger partial charge < -0.3 is 38.9 Å². The normalized spacial score (nSPS) is 23.5. The number of hydrogen-bond acceptors (Lipinski definition) is 13. The second-order valence-corrected chi connectivity index (χ2v) is 7.41. The molecule has 14 nitrogen and oxygen atoms in total. The van der Waals surface area contributed by atoms with E-state index in [-0.39, 0.29) is 32.2 Å². The summed E-state index contributed by atoms with van der Waals surface area (Å²) in [6.45, 7) is 6.21. The number of fused-ring (bicyclic) bond motifs is 1. The average Bonchev–Trinajstić information content (AvgIpc) is 3.35. The molecule has 0 bridgehead atoms. The Bertz CT molecular complexity index is 1060. The molecule has 14 heteroatoms. The van der Waals surface area contributed by atoms with Crippen molar-refractivity contribution in [2.24, 2.45) is 0 Å². The van der Waals surface area contributed by atoms with Gasteiger partial charge in [-0.1, -0.05) is 0 Å². The first kappa shape index (κ1) is 25.8. The third-order valence-electron chi connectivity index (χ3n) is 5.20. The van der Waals surface area contributed by atoms with Gasteiger partial charge in [0.1, 0.15) is 30.2 Å². The maximum Gasteiger partial charge on any atom is 0.508 e. The number of nitrogens with zero attached hydrogens (tertiary/aromatic N) is 3. The Morgan fingerprint density at radius 2 is 1.63 bits per heavy atom. The van der Waals surface area contributed by atoms with Gasteiger partial charge in [-0.3, -0.25) is 0 Å². The quantitative estimate of drug-likeness (QED) is 0.416. The van der Waals surface area contributed by atoms with E-state index in [0.29, 0.717) is 11.2 Å². The lowest BCUT2D eigenvalue weighted by Gasteiger charge is -2.30. The number of aromatic nitrogens is 3. The fraction of sp³-hybridized carbons (Fsp3) is 0.571. The van der Waals surface area contributed by atoms with Gasteiger partial charge in [0.2, 0.25) is 0 Å². The first-order valence-electron chi connectivity index (χ1n) is 11.0.